The number of nitrogens with zero attached hydrogens (tertiary/aromatic N) is 2. The third kappa shape index (κ3) is 2.96. The van der Waals surface area contributed by atoms with Gasteiger partial charge in [0.05, 0.1) is 17.3 Å². The molecule has 26 heavy (non-hydrogen) atoms. The van der Waals surface area contributed by atoms with Crippen LogP contribution in [0.15, 0.2) is 60.7 Å². The summed E-state index contributed by atoms with van der Waals surface area (Å²) in [6, 6.07) is 16.1. The van der Waals surface area contributed by atoms with Crippen LogP contribution in [0.2, 0.25) is 10.0 Å². The summed E-state index contributed by atoms with van der Waals surface area (Å²) in [5.74, 6) is -0.743. The predicted octanol–water partition coefficient (Wildman–Crippen LogP) is 6.34. The molecular weight excluding hydrogens is 377 g/mol. The number of aromatic nitrogens is 2. The minimum Gasteiger partial charge on any atom is -0.259 e. The molecule has 4 aromatic rings. The molecule has 0 aliphatic rings. The molecule has 0 amide bonds. The van der Waals surface area contributed by atoms with E-state index in [-0.39, 0.29) is 12.4 Å². The van der Waals surface area contributed by atoms with Crippen molar-refractivity contribution in [1.82, 2.24) is 9.78 Å². The Bertz CT molecular complexity index is 1080. The van der Waals surface area contributed by atoms with Crippen LogP contribution in [0.4, 0.5) is 8.78 Å². The van der Waals surface area contributed by atoms with E-state index in [2.05, 4.69) is 5.10 Å². The summed E-state index contributed by atoms with van der Waals surface area (Å²) in [4.78, 5) is 0. The van der Waals surface area contributed by atoms with Crippen molar-refractivity contribution >= 4 is 34.1 Å². The van der Waals surface area contributed by atoms with E-state index >= 15 is 0 Å². The van der Waals surface area contributed by atoms with Crippen LogP contribution in [-0.2, 0) is 6.54 Å². The molecule has 1 aromatic heterocycles. The minimum absolute atomic E-state index is 0.128. The number of hydrogen-bond donors (Lipinski definition) is 0. The maximum Gasteiger partial charge on any atom is 0.129 e. The van der Waals surface area contributed by atoms with Crippen LogP contribution in [0.1, 0.15) is 5.56 Å². The number of halogens is 4. The van der Waals surface area contributed by atoms with Gasteiger partial charge in [-0.05, 0) is 42.5 Å². The fraction of sp³-hybridized carbons (Fsp3) is 0.0500. The van der Waals surface area contributed by atoms with Gasteiger partial charge in [-0.15, -0.1) is 0 Å². The molecule has 6 heteroatoms. The Hall–Kier alpha value is -2.43. The average Bonchev–Trinajstić information content (AvgIpc) is 2.99. The Morgan fingerprint density at radius 2 is 1.54 bits per heavy atom. The van der Waals surface area contributed by atoms with Gasteiger partial charge in [-0.3, -0.25) is 4.68 Å². The first-order valence-electron chi connectivity index (χ1n) is 7.88. The first kappa shape index (κ1) is 17.0. The van der Waals surface area contributed by atoms with Crippen molar-refractivity contribution < 1.29 is 8.78 Å². The first-order valence-corrected chi connectivity index (χ1v) is 8.64. The molecule has 3 aromatic carbocycles. The minimum atomic E-state index is -0.409. The number of fused-ring (bicyclic) bond motifs is 1. The predicted molar refractivity (Wildman–Crippen MR) is 101 cm³/mol. The van der Waals surface area contributed by atoms with Gasteiger partial charge in [0.2, 0.25) is 0 Å². The molecule has 130 valence electrons. The van der Waals surface area contributed by atoms with Gasteiger partial charge in [0.1, 0.15) is 17.2 Å². The lowest BCUT2D eigenvalue weighted by Crippen LogP contribution is -2.06. The second-order valence-electron chi connectivity index (χ2n) is 5.85. The molecule has 0 spiro atoms. The van der Waals surface area contributed by atoms with Crippen molar-refractivity contribution in [2.75, 3.05) is 0 Å². The molecule has 0 radical (unpaired) electrons. The molecule has 1 heterocycles. The number of rotatable bonds is 3. The Labute approximate surface area is 158 Å². The molecule has 2 nitrogen and oxygen atoms in total. The maximum absolute atomic E-state index is 14.3. The van der Waals surface area contributed by atoms with Crippen LogP contribution in [0.25, 0.3) is 22.2 Å². The van der Waals surface area contributed by atoms with E-state index in [1.807, 2.05) is 12.1 Å². The van der Waals surface area contributed by atoms with Crippen molar-refractivity contribution in [2.45, 2.75) is 6.54 Å². The summed E-state index contributed by atoms with van der Waals surface area (Å²) in [7, 11) is 0. The summed E-state index contributed by atoms with van der Waals surface area (Å²) in [6.45, 7) is 0.128. The van der Waals surface area contributed by atoms with Crippen molar-refractivity contribution in [2.24, 2.45) is 0 Å². The van der Waals surface area contributed by atoms with Crippen LogP contribution in [0, 0.1) is 11.6 Å². The molecule has 0 unspecified atom stereocenters. The van der Waals surface area contributed by atoms with Crippen LogP contribution in [0.3, 0.4) is 0 Å². The van der Waals surface area contributed by atoms with Gasteiger partial charge < -0.3 is 0 Å². The maximum atomic E-state index is 14.3. The molecular formula is C20H12Cl2F2N2. The third-order valence-electron chi connectivity index (χ3n) is 4.21. The van der Waals surface area contributed by atoms with Crippen molar-refractivity contribution in [3.8, 4) is 11.3 Å². The number of benzene rings is 3. The van der Waals surface area contributed by atoms with Crippen LogP contribution >= 0.6 is 23.2 Å². The Morgan fingerprint density at radius 1 is 0.846 bits per heavy atom. The van der Waals surface area contributed by atoms with Gasteiger partial charge >= 0.3 is 0 Å². The van der Waals surface area contributed by atoms with Crippen LogP contribution in [0.5, 0.6) is 0 Å². The van der Waals surface area contributed by atoms with Crippen molar-refractivity contribution in [3.05, 3.63) is 87.9 Å². The highest BCUT2D eigenvalue weighted by molar-refractivity contribution is 6.35. The summed E-state index contributed by atoms with van der Waals surface area (Å²) < 4.78 is 29.3. The van der Waals surface area contributed by atoms with Crippen LogP contribution in [-0.4, -0.2) is 9.78 Å². The quantitative estimate of drug-likeness (QED) is 0.400. The molecule has 0 saturated carbocycles. The largest absolute Gasteiger partial charge is 0.259 e. The fourth-order valence-corrected chi connectivity index (χ4v) is 3.41. The standard InChI is InChI=1S/C20H12Cl2F2N2/c21-16-4-2-6-18(24)15(16)11-26-20(12-7-9-13(23)10-8-12)14-3-1-5-17(22)19(14)25-26/h1-10H,11H2. The topological polar surface area (TPSA) is 17.8 Å². The SMILES string of the molecule is Fc1ccc(-c2c3cccc(Cl)c3nn2Cc2c(F)cccc2Cl)cc1. The Kier molecular flexibility index (Phi) is 4.39. The second-order valence-corrected chi connectivity index (χ2v) is 6.66. The lowest BCUT2D eigenvalue weighted by atomic mass is 10.1. The lowest BCUT2D eigenvalue weighted by Gasteiger charge is -2.10. The average molecular weight is 389 g/mol. The van der Waals surface area contributed by atoms with E-state index in [4.69, 9.17) is 23.2 Å². The van der Waals surface area contributed by atoms with E-state index in [0.29, 0.717) is 21.1 Å². The summed E-state index contributed by atoms with van der Waals surface area (Å²) in [5.41, 5.74) is 2.41. The molecule has 0 aliphatic carbocycles. The van der Waals surface area contributed by atoms with Gasteiger partial charge in [0.25, 0.3) is 0 Å². The smallest absolute Gasteiger partial charge is 0.129 e. The molecule has 0 N–H and O–H groups in total. The van der Waals surface area contributed by atoms with E-state index < -0.39 is 5.82 Å². The lowest BCUT2D eigenvalue weighted by molar-refractivity contribution is 0.588. The fourth-order valence-electron chi connectivity index (χ4n) is 2.98. The first-order chi connectivity index (χ1) is 12.5. The van der Waals surface area contributed by atoms with Gasteiger partial charge in [-0.25, -0.2) is 8.78 Å². The molecule has 0 atom stereocenters. The van der Waals surface area contributed by atoms with E-state index in [1.165, 1.54) is 18.2 Å². The van der Waals surface area contributed by atoms with E-state index in [0.717, 1.165) is 16.6 Å². The highest BCUT2D eigenvalue weighted by atomic mass is 35.5. The van der Waals surface area contributed by atoms with Gasteiger partial charge in [0, 0.05) is 21.5 Å². The summed E-state index contributed by atoms with van der Waals surface area (Å²) >= 11 is 12.5. The molecule has 0 saturated heterocycles. The molecule has 0 fully saturated rings. The van der Waals surface area contributed by atoms with E-state index in [9.17, 15) is 8.78 Å². The van der Waals surface area contributed by atoms with Crippen molar-refractivity contribution in [3.63, 3.8) is 0 Å². The van der Waals surface area contributed by atoms with Gasteiger partial charge in [-0.1, -0.05) is 41.4 Å². The Balaban J connectivity index is 1.95. The summed E-state index contributed by atoms with van der Waals surface area (Å²) in [5, 5.41) is 6.17. The van der Waals surface area contributed by atoms with Gasteiger partial charge in [-0.2, -0.15) is 5.10 Å². The zero-order valence-electron chi connectivity index (χ0n) is 13.4. The number of hydrogen-bond acceptors (Lipinski definition) is 1. The Morgan fingerprint density at radius 3 is 2.27 bits per heavy atom. The zero-order valence-corrected chi connectivity index (χ0v) is 14.9. The van der Waals surface area contributed by atoms with Gasteiger partial charge in [0.15, 0.2) is 0 Å². The molecule has 0 aliphatic heterocycles. The summed E-state index contributed by atoms with van der Waals surface area (Å²) in [6.07, 6.45) is 0. The monoisotopic (exact) mass is 388 g/mol. The molecule has 4 rings (SSSR count). The highest BCUT2D eigenvalue weighted by Crippen LogP contribution is 2.33. The third-order valence-corrected chi connectivity index (χ3v) is 4.87. The van der Waals surface area contributed by atoms with E-state index in [1.54, 1.807) is 35.0 Å². The second kappa shape index (κ2) is 6.71. The zero-order chi connectivity index (χ0) is 18.3. The molecule has 0 bridgehead atoms. The normalized spacial score (nSPS) is 11.2. The highest BCUT2D eigenvalue weighted by Gasteiger charge is 2.17. The van der Waals surface area contributed by atoms with Crippen LogP contribution < -0.4 is 0 Å². The van der Waals surface area contributed by atoms with Crippen molar-refractivity contribution in [1.29, 1.82) is 0 Å².